The standard InChI is InChI=1S/C48H66N3O3P/c1-4-7-10-22-40(37-49)25-19-31-43-28-13-16-34-46(43)52-55(53-47-35-17-14-29-44(47)32-20-26-41(38-50)23-11-8-5-2)54-48-36-18-15-30-45(48)33-21-27-42(39-51)24-12-9-6-3/h13-18,28-30,34-36,40-42H,4-12,19-27,31-33H2,1-3H3. The van der Waals surface area contributed by atoms with E-state index in [0.717, 1.165) is 150 Å². The first-order valence-corrected chi connectivity index (χ1v) is 22.4. The zero-order valence-corrected chi connectivity index (χ0v) is 34.9. The van der Waals surface area contributed by atoms with Gasteiger partial charge in [0.15, 0.2) is 0 Å². The molecule has 0 bridgehead atoms. The first kappa shape index (κ1) is 45.4. The molecule has 0 saturated carbocycles. The Kier molecular flexibility index (Phi) is 23.4. The van der Waals surface area contributed by atoms with E-state index >= 15 is 0 Å². The molecule has 3 rings (SSSR count). The summed E-state index contributed by atoms with van der Waals surface area (Å²) in [5.74, 6) is 2.44. The minimum absolute atomic E-state index is 0.0796. The number of hydrogen-bond donors (Lipinski definition) is 0. The summed E-state index contributed by atoms with van der Waals surface area (Å²) in [6, 6.07) is 31.9. The van der Waals surface area contributed by atoms with Crippen LogP contribution in [0, 0.1) is 51.7 Å². The number of rotatable bonds is 30. The van der Waals surface area contributed by atoms with Gasteiger partial charge in [0.25, 0.3) is 0 Å². The molecule has 0 aromatic heterocycles. The third kappa shape index (κ3) is 18.0. The Labute approximate surface area is 335 Å². The molecule has 3 aromatic rings. The number of unbranched alkanes of at least 4 members (excludes halogenated alkanes) is 6. The number of nitriles is 3. The molecule has 6 nitrogen and oxygen atoms in total. The largest absolute Gasteiger partial charge is 0.530 e. The number of aryl methyl sites for hydroxylation is 3. The average molecular weight is 764 g/mol. The van der Waals surface area contributed by atoms with Crippen molar-refractivity contribution in [3.8, 4) is 35.5 Å². The molecule has 3 unspecified atom stereocenters. The lowest BCUT2D eigenvalue weighted by molar-refractivity contribution is 0.381. The molecule has 0 amide bonds. The van der Waals surface area contributed by atoms with Crippen molar-refractivity contribution in [2.45, 2.75) is 156 Å². The van der Waals surface area contributed by atoms with Crippen LogP contribution in [0.15, 0.2) is 72.8 Å². The Morgan fingerprint density at radius 2 is 0.691 bits per heavy atom. The van der Waals surface area contributed by atoms with Crippen molar-refractivity contribution in [2.24, 2.45) is 17.8 Å². The van der Waals surface area contributed by atoms with E-state index in [0.29, 0.717) is 0 Å². The highest BCUT2D eigenvalue weighted by Crippen LogP contribution is 2.45. The molecule has 0 aliphatic heterocycles. The van der Waals surface area contributed by atoms with E-state index in [2.05, 4.69) is 57.2 Å². The molecule has 0 aliphatic rings. The van der Waals surface area contributed by atoms with E-state index in [9.17, 15) is 15.8 Å². The number of benzene rings is 3. The second-order valence-electron chi connectivity index (χ2n) is 15.0. The molecule has 3 atom stereocenters. The fourth-order valence-corrected chi connectivity index (χ4v) is 8.18. The summed E-state index contributed by atoms with van der Waals surface area (Å²) < 4.78 is 20.2. The monoisotopic (exact) mass is 763 g/mol. The summed E-state index contributed by atoms with van der Waals surface area (Å²) in [4.78, 5) is 0. The number of nitrogens with zero attached hydrogens (tertiary/aromatic N) is 3. The summed E-state index contributed by atoms with van der Waals surface area (Å²) in [6.07, 6.45) is 20.9. The minimum Gasteiger partial charge on any atom is -0.408 e. The van der Waals surface area contributed by atoms with Crippen molar-refractivity contribution in [1.29, 1.82) is 15.8 Å². The highest BCUT2D eigenvalue weighted by molar-refractivity contribution is 7.43. The van der Waals surface area contributed by atoms with Crippen molar-refractivity contribution in [1.82, 2.24) is 0 Å². The summed E-state index contributed by atoms with van der Waals surface area (Å²) in [5.41, 5.74) is 3.22. The zero-order chi connectivity index (χ0) is 39.4. The summed E-state index contributed by atoms with van der Waals surface area (Å²) in [7, 11) is -1.92. The molecule has 0 saturated heterocycles. The van der Waals surface area contributed by atoms with Crippen molar-refractivity contribution in [3.63, 3.8) is 0 Å². The van der Waals surface area contributed by atoms with Crippen LogP contribution < -0.4 is 13.6 Å². The van der Waals surface area contributed by atoms with Crippen LogP contribution in [0.3, 0.4) is 0 Å². The van der Waals surface area contributed by atoms with Crippen molar-refractivity contribution >= 4 is 8.60 Å². The molecule has 0 radical (unpaired) electrons. The Morgan fingerprint density at radius 3 is 0.964 bits per heavy atom. The van der Waals surface area contributed by atoms with E-state index in [4.69, 9.17) is 13.6 Å². The number of para-hydroxylation sites is 3. The van der Waals surface area contributed by atoms with Gasteiger partial charge in [0.05, 0.1) is 18.2 Å². The lowest BCUT2D eigenvalue weighted by Gasteiger charge is -2.22. The van der Waals surface area contributed by atoms with Crippen LogP contribution in [0.25, 0.3) is 0 Å². The van der Waals surface area contributed by atoms with E-state index in [-0.39, 0.29) is 17.8 Å². The molecular formula is C48H66N3O3P. The van der Waals surface area contributed by atoms with Gasteiger partial charge in [-0.2, -0.15) is 15.8 Å². The molecular weight excluding hydrogens is 698 g/mol. The Hall–Kier alpha value is -4.04. The molecule has 3 aromatic carbocycles. The van der Waals surface area contributed by atoms with Crippen molar-refractivity contribution in [2.75, 3.05) is 0 Å². The lowest BCUT2D eigenvalue weighted by Crippen LogP contribution is -2.07. The van der Waals surface area contributed by atoms with Gasteiger partial charge in [-0.15, -0.1) is 0 Å². The number of hydrogen-bond acceptors (Lipinski definition) is 6. The van der Waals surface area contributed by atoms with Gasteiger partial charge in [-0.1, -0.05) is 133 Å². The maximum atomic E-state index is 9.76. The predicted molar refractivity (Wildman–Crippen MR) is 227 cm³/mol. The van der Waals surface area contributed by atoms with Crippen LogP contribution in [-0.4, -0.2) is 0 Å². The fraction of sp³-hybridized carbons (Fsp3) is 0.562. The van der Waals surface area contributed by atoms with Gasteiger partial charge in [-0.3, -0.25) is 0 Å². The molecule has 0 fully saturated rings. The van der Waals surface area contributed by atoms with Gasteiger partial charge in [-0.25, -0.2) is 0 Å². The predicted octanol–water partition coefficient (Wildman–Crippen LogP) is 14.6. The van der Waals surface area contributed by atoms with Crippen LogP contribution in [0.4, 0.5) is 0 Å². The van der Waals surface area contributed by atoms with Crippen LogP contribution in [0.5, 0.6) is 17.2 Å². The molecule has 0 N–H and O–H groups in total. The quantitative estimate of drug-likeness (QED) is 0.0495. The van der Waals surface area contributed by atoms with E-state index < -0.39 is 8.60 Å². The molecule has 0 heterocycles. The van der Waals surface area contributed by atoms with Crippen LogP contribution in [0.1, 0.15) is 153 Å². The normalized spacial score (nSPS) is 13.1. The minimum atomic E-state index is -1.92. The van der Waals surface area contributed by atoms with Gasteiger partial charge in [-0.05, 0) is 112 Å². The second-order valence-corrected chi connectivity index (χ2v) is 16.0. The average Bonchev–Trinajstić information content (AvgIpc) is 3.21. The summed E-state index contributed by atoms with van der Waals surface area (Å²) >= 11 is 0. The first-order chi connectivity index (χ1) is 27.0. The topological polar surface area (TPSA) is 99.1 Å². The van der Waals surface area contributed by atoms with Gasteiger partial charge >= 0.3 is 8.60 Å². The third-order valence-electron chi connectivity index (χ3n) is 10.4. The van der Waals surface area contributed by atoms with Gasteiger partial charge in [0.1, 0.15) is 17.2 Å². The Morgan fingerprint density at radius 1 is 0.418 bits per heavy atom. The maximum absolute atomic E-state index is 9.76. The summed E-state index contributed by atoms with van der Waals surface area (Å²) in [5, 5.41) is 29.3. The third-order valence-corrected chi connectivity index (χ3v) is 11.5. The summed E-state index contributed by atoms with van der Waals surface area (Å²) in [6.45, 7) is 6.59. The fourth-order valence-electron chi connectivity index (χ4n) is 7.05. The van der Waals surface area contributed by atoms with Gasteiger partial charge < -0.3 is 13.6 Å². The van der Waals surface area contributed by atoms with Gasteiger partial charge in [0.2, 0.25) is 0 Å². The zero-order valence-electron chi connectivity index (χ0n) is 34.0. The second kappa shape index (κ2) is 28.4. The smallest absolute Gasteiger partial charge is 0.408 e. The Bertz CT molecular complexity index is 1420. The SMILES string of the molecule is CCCCCC(C#N)CCCc1ccccc1OP(Oc1ccccc1CCCC(C#N)CCCCC)Oc1ccccc1CCCC(C#N)CCCCC. The Balaban J connectivity index is 1.81. The molecule has 7 heteroatoms. The van der Waals surface area contributed by atoms with E-state index in [1.165, 1.54) is 19.3 Å². The molecule has 296 valence electrons. The molecule has 0 aliphatic carbocycles. The van der Waals surface area contributed by atoms with Crippen LogP contribution in [0.2, 0.25) is 0 Å². The van der Waals surface area contributed by atoms with Crippen LogP contribution >= 0.6 is 8.60 Å². The molecule has 0 spiro atoms. The lowest BCUT2D eigenvalue weighted by atomic mass is 9.95. The first-order valence-electron chi connectivity index (χ1n) is 21.3. The van der Waals surface area contributed by atoms with Crippen LogP contribution in [-0.2, 0) is 19.3 Å². The van der Waals surface area contributed by atoms with Crippen molar-refractivity contribution in [3.05, 3.63) is 89.5 Å². The molecule has 55 heavy (non-hydrogen) atoms. The highest BCUT2D eigenvalue weighted by atomic mass is 31.2. The van der Waals surface area contributed by atoms with E-state index in [1.54, 1.807) is 0 Å². The van der Waals surface area contributed by atoms with E-state index in [1.807, 2.05) is 54.6 Å². The highest BCUT2D eigenvalue weighted by Gasteiger charge is 2.24. The maximum Gasteiger partial charge on any atom is 0.530 e. The van der Waals surface area contributed by atoms with Gasteiger partial charge in [0, 0.05) is 17.8 Å². The van der Waals surface area contributed by atoms with Crippen molar-refractivity contribution < 1.29 is 13.6 Å².